The minimum atomic E-state index is 0.0678. The van der Waals surface area contributed by atoms with E-state index in [1.165, 1.54) is 19.3 Å². The van der Waals surface area contributed by atoms with Gasteiger partial charge in [-0.1, -0.05) is 19.3 Å². The summed E-state index contributed by atoms with van der Waals surface area (Å²) >= 11 is 0. The van der Waals surface area contributed by atoms with Crippen molar-refractivity contribution in [3.05, 3.63) is 17.1 Å². The molecule has 0 bridgehead atoms. The number of aryl methyl sites for hydroxylation is 1. The largest absolute Gasteiger partial charge is 0.360 e. The number of anilines is 1. The molecule has 2 heterocycles. The SMILES string of the molecule is CCN(C)c1nc(C)nc2c1CN(C(=O)NC1CCCCC1)CC2. The molecule has 2 amide bonds. The van der Waals surface area contributed by atoms with Crippen LogP contribution < -0.4 is 10.2 Å². The topological polar surface area (TPSA) is 61.4 Å². The summed E-state index contributed by atoms with van der Waals surface area (Å²) in [6, 6.07) is 0.415. The highest BCUT2D eigenvalue weighted by molar-refractivity contribution is 5.75. The first kappa shape index (κ1) is 17.0. The van der Waals surface area contributed by atoms with Crippen molar-refractivity contribution in [1.82, 2.24) is 20.2 Å². The number of carbonyl (C=O) groups is 1. The average Bonchev–Trinajstić information content (AvgIpc) is 2.60. The number of carbonyl (C=O) groups excluding carboxylic acids is 1. The zero-order valence-corrected chi connectivity index (χ0v) is 15.1. The monoisotopic (exact) mass is 331 g/mol. The van der Waals surface area contributed by atoms with Crippen LogP contribution in [0.4, 0.5) is 10.6 Å². The first-order valence-electron chi connectivity index (χ1n) is 9.21. The number of hydrogen-bond acceptors (Lipinski definition) is 4. The van der Waals surface area contributed by atoms with Crippen molar-refractivity contribution in [2.75, 3.05) is 25.0 Å². The van der Waals surface area contributed by atoms with Crippen LogP contribution in [0.2, 0.25) is 0 Å². The van der Waals surface area contributed by atoms with E-state index in [1.807, 2.05) is 18.9 Å². The summed E-state index contributed by atoms with van der Waals surface area (Å²) in [5, 5.41) is 3.23. The number of hydrogen-bond donors (Lipinski definition) is 1. The maximum Gasteiger partial charge on any atom is 0.317 e. The molecular weight excluding hydrogens is 302 g/mol. The van der Waals surface area contributed by atoms with Gasteiger partial charge in [-0.25, -0.2) is 14.8 Å². The van der Waals surface area contributed by atoms with Crippen molar-refractivity contribution in [2.45, 2.75) is 65.0 Å². The van der Waals surface area contributed by atoms with E-state index in [1.54, 1.807) is 0 Å². The molecule has 6 nitrogen and oxygen atoms in total. The molecule has 1 saturated carbocycles. The summed E-state index contributed by atoms with van der Waals surface area (Å²) in [6.07, 6.45) is 6.79. The van der Waals surface area contributed by atoms with Gasteiger partial charge < -0.3 is 15.1 Å². The highest BCUT2D eigenvalue weighted by Gasteiger charge is 2.27. The molecule has 1 aromatic rings. The molecule has 1 fully saturated rings. The number of nitrogens with zero attached hydrogens (tertiary/aromatic N) is 4. The smallest absolute Gasteiger partial charge is 0.317 e. The van der Waals surface area contributed by atoms with Gasteiger partial charge in [0.05, 0.1) is 12.2 Å². The zero-order valence-electron chi connectivity index (χ0n) is 15.1. The van der Waals surface area contributed by atoms with Crippen LogP contribution in [0.15, 0.2) is 0 Å². The van der Waals surface area contributed by atoms with Crippen LogP contribution in [0.1, 0.15) is 56.1 Å². The summed E-state index contributed by atoms with van der Waals surface area (Å²) in [7, 11) is 2.04. The Morgan fingerprint density at radius 2 is 2.04 bits per heavy atom. The van der Waals surface area contributed by atoms with Gasteiger partial charge in [0, 0.05) is 38.2 Å². The van der Waals surface area contributed by atoms with Crippen LogP contribution in [-0.2, 0) is 13.0 Å². The maximum atomic E-state index is 12.7. The van der Waals surface area contributed by atoms with Gasteiger partial charge >= 0.3 is 6.03 Å². The molecule has 3 rings (SSSR count). The molecule has 0 aromatic carbocycles. The van der Waals surface area contributed by atoms with Crippen LogP contribution in [0.3, 0.4) is 0 Å². The minimum Gasteiger partial charge on any atom is -0.360 e. The molecule has 0 atom stereocenters. The fraction of sp³-hybridized carbons (Fsp3) is 0.722. The molecule has 1 aliphatic heterocycles. The van der Waals surface area contributed by atoms with Gasteiger partial charge in [-0.15, -0.1) is 0 Å². The van der Waals surface area contributed by atoms with E-state index in [2.05, 4.69) is 27.1 Å². The van der Waals surface area contributed by atoms with Crippen LogP contribution in [-0.4, -0.2) is 47.1 Å². The molecule has 1 aliphatic carbocycles. The lowest BCUT2D eigenvalue weighted by molar-refractivity contribution is 0.184. The van der Waals surface area contributed by atoms with Gasteiger partial charge in [-0.05, 0) is 26.7 Å². The molecule has 0 radical (unpaired) electrons. The van der Waals surface area contributed by atoms with E-state index in [0.717, 1.165) is 55.3 Å². The summed E-state index contributed by atoms with van der Waals surface area (Å²) < 4.78 is 0. The van der Waals surface area contributed by atoms with Crippen LogP contribution in [0.25, 0.3) is 0 Å². The molecule has 0 spiro atoms. The zero-order chi connectivity index (χ0) is 17.1. The number of fused-ring (bicyclic) bond motifs is 1. The third-order valence-corrected chi connectivity index (χ3v) is 5.21. The Hall–Kier alpha value is -1.85. The lowest BCUT2D eigenvalue weighted by Gasteiger charge is -2.33. The molecule has 2 aliphatic rings. The number of nitrogens with one attached hydrogen (secondary N) is 1. The number of urea groups is 1. The lowest BCUT2D eigenvalue weighted by Crippen LogP contribution is -2.47. The van der Waals surface area contributed by atoms with E-state index in [9.17, 15) is 4.79 Å². The van der Waals surface area contributed by atoms with E-state index in [4.69, 9.17) is 0 Å². The molecule has 6 heteroatoms. The van der Waals surface area contributed by atoms with Crippen LogP contribution in [0, 0.1) is 6.92 Å². The Bertz CT molecular complexity index is 597. The molecule has 1 N–H and O–H groups in total. The Balaban J connectivity index is 1.74. The third-order valence-electron chi connectivity index (χ3n) is 5.21. The van der Waals surface area contributed by atoms with Gasteiger partial charge in [0.1, 0.15) is 11.6 Å². The lowest BCUT2D eigenvalue weighted by atomic mass is 9.95. The Kier molecular flexibility index (Phi) is 5.21. The molecule has 0 unspecified atom stereocenters. The molecule has 1 aromatic heterocycles. The fourth-order valence-corrected chi connectivity index (χ4v) is 3.67. The Morgan fingerprint density at radius 1 is 1.29 bits per heavy atom. The van der Waals surface area contributed by atoms with Crippen molar-refractivity contribution < 1.29 is 4.79 Å². The maximum absolute atomic E-state index is 12.7. The highest BCUT2D eigenvalue weighted by atomic mass is 16.2. The van der Waals surface area contributed by atoms with E-state index in [-0.39, 0.29) is 6.03 Å². The summed E-state index contributed by atoms with van der Waals surface area (Å²) in [4.78, 5) is 25.9. The summed E-state index contributed by atoms with van der Waals surface area (Å²) in [5.41, 5.74) is 2.20. The van der Waals surface area contributed by atoms with Crippen molar-refractivity contribution >= 4 is 11.8 Å². The van der Waals surface area contributed by atoms with E-state index < -0.39 is 0 Å². The average molecular weight is 331 g/mol. The van der Waals surface area contributed by atoms with E-state index in [0.29, 0.717) is 12.6 Å². The highest BCUT2D eigenvalue weighted by Crippen LogP contribution is 2.26. The Morgan fingerprint density at radius 3 is 2.75 bits per heavy atom. The second-order valence-electron chi connectivity index (χ2n) is 6.99. The van der Waals surface area contributed by atoms with Crippen LogP contribution >= 0.6 is 0 Å². The van der Waals surface area contributed by atoms with Gasteiger partial charge in [0.25, 0.3) is 0 Å². The molecule has 0 saturated heterocycles. The predicted molar refractivity (Wildman–Crippen MR) is 95.2 cm³/mol. The quantitative estimate of drug-likeness (QED) is 0.925. The molecule has 132 valence electrons. The molecular formula is C18H29N5O. The third kappa shape index (κ3) is 3.62. The van der Waals surface area contributed by atoms with Gasteiger partial charge in [-0.2, -0.15) is 0 Å². The van der Waals surface area contributed by atoms with Gasteiger partial charge in [0.2, 0.25) is 0 Å². The van der Waals surface area contributed by atoms with Crippen molar-refractivity contribution in [1.29, 1.82) is 0 Å². The van der Waals surface area contributed by atoms with E-state index >= 15 is 0 Å². The minimum absolute atomic E-state index is 0.0678. The Labute approximate surface area is 144 Å². The second kappa shape index (κ2) is 7.36. The fourth-order valence-electron chi connectivity index (χ4n) is 3.67. The first-order chi connectivity index (χ1) is 11.6. The van der Waals surface area contributed by atoms with Gasteiger partial charge in [-0.3, -0.25) is 0 Å². The van der Waals surface area contributed by atoms with Gasteiger partial charge in [0.15, 0.2) is 0 Å². The normalized spacial score (nSPS) is 18.2. The summed E-state index contributed by atoms with van der Waals surface area (Å²) in [6.45, 7) is 6.28. The second-order valence-corrected chi connectivity index (χ2v) is 6.99. The van der Waals surface area contributed by atoms with Crippen molar-refractivity contribution in [2.24, 2.45) is 0 Å². The molecule has 24 heavy (non-hydrogen) atoms. The standard InChI is InChI=1S/C18H29N5O/c1-4-22(3)17-15-12-23(11-10-16(15)19-13(2)20-17)18(24)21-14-8-6-5-7-9-14/h14H,4-12H2,1-3H3,(H,21,24). The number of aromatic nitrogens is 2. The van der Waals surface area contributed by atoms with Crippen molar-refractivity contribution in [3.63, 3.8) is 0 Å². The van der Waals surface area contributed by atoms with Crippen molar-refractivity contribution in [3.8, 4) is 0 Å². The number of amides is 2. The van der Waals surface area contributed by atoms with Crippen LogP contribution in [0.5, 0.6) is 0 Å². The predicted octanol–water partition coefficient (Wildman–Crippen LogP) is 2.64. The summed E-state index contributed by atoms with van der Waals surface area (Å²) in [5.74, 6) is 1.78. The first-order valence-corrected chi connectivity index (χ1v) is 9.21. The number of rotatable bonds is 3.